The van der Waals surface area contributed by atoms with Crippen LogP contribution in [0.2, 0.25) is 0 Å². The van der Waals surface area contributed by atoms with Gasteiger partial charge in [-0.25, -0.2) is 4.99 Å². The Morgan fingerprint density at radius 1 is 1.09 bits per heavy atom. The van der Waals surface area contributed by atoms with Crippen LogP contribution in [0.25, 0.3) is 0 Å². The highest BCUT2D eigenvalue weighted by Crippen LogP contribution is 2.18. The van der Waals surface area contributed by atoms with Crippen LogP contribution < -0.4 is 10.2 Å². The molecule has 0 aliphatic carbocycles. The highest BCUT2D eigenvalue weighted by atomic mass is 16.2. The van der Waals surface area contributed by atoms with Crippen molar-refractivity contribution in [2.45, 2.75) is 39.3 Å². The Morgan fingerprint density at radius 3 is 2.56 bits per heavy atom. The molecule has 0 atom stereocenters. The van der Waals surface area contributed by atoms with Crippen molar-refractivity contribution in [3.8, 4) is 0 Å². The zero-order valence-corrected chi connectivity index (χ0v) is 19.3. The summed E-state index contributed by atoms with van der Waals surface area (Å²) in [5.41, 5.74) is 3.46. The molecule has 0 radical (unpaired) electrons. The quantitative estimate of drug-likeness (QED) is 0.554. The van der Waals surface area contributed by atoms with Crippen molar-refractivity contribution in [1.82, 2.24) is 24.9 Å². The number of hydrogen-bond donors (Lipinski definition) is 1. The molecular weight excluding hydrogens is 402 g/mol. The first kappa shape index (κ1) is 22.3. The number of aliphatic imine (C=N–C) groups is 1. The number of carbonyl (C=O) groups excluding carboxylic acids is 1. The maximum absolute atomic E-state index is 12.8. The lowest BCUT2D eigenvalue weighted by Crippen LogP contribution is -2.55. The number of nitrogens with one attached hydrogen (secondary N) is 1. The Balaban J connectivity index is 1.43. The Bertz CT molecular complexity index is 932. The van der Waals surface area contributed by atoms with E-state index in [0.29, 0.717) is 19.6 Å². The van der Waals surface area contributed by atoms with Gasteiger partial charge in [0, 0.05) is 39.4 Å². The van der Waals surface area contributed by atoms with Crippen molar-refractivity contribution < 1.29 is 4.79 Å². The number of piperazine rings is 1. The third-order valence-corrected chi connectivity index (χ3v) is 6.22. The van der Waals surface area contributed by atoms with Gasteiger partial charge in [0.1, 0.15) is 6.54 Å². The number of anilines is 1. The number of nitrogens with zero attached hydrogens (tertiary/aromatic N) is 6. The number of benzene rings is 1. The molecule has 4 rings (SSSR count). The van der Waals surface area contributed by atoms with Crippen LogP contribution >= 0.6 is 0 Å². The molecule has 3 heterocycles. The summed E-state index contributed by atoms with van der Waals surface area (Å²) in [6, 6.07) is 8.61. The lowest BCUT2D eigenvalue weighted by Gasteiger charge is -2.35. The predicted octanol–water partition coefficient (Wildman–Crippen LogP) is 2.22. The fourth-order valence-corrected chi connectivity index (χ4v) is 4.48. The molecule has 2 fully saturated rings. The first-order valence-corrected chi connectivity index (χ1v) is 11.8. The summed E-state index contributed by atoms with van der Waals surface area (Å²) < 4.78 is 1.72. The van der Waals surface area contributed by atoms with E-state index in [-0.39, 0.29) is 5.91 Å². The molecule has 1 amide bonds. The third-order valence-electron chi connectivity index (χ3n) is 6.22. The normalized spacial score (nSPS) is 18.3. The van der Waals surface area contributed by atoms with E-state index in [1.807, 2.05) is 13.2 Å². The smallest absolute Gasteiger partial charge is 0.246 e. The van der Waals surface area contributed by atoms with Gasteiger partial charge in [-0.05, 0) is 44.0 Å². The minimum Gasteiger partial charge on any atom is -0.356 e. The van der Waals surface area contributed by atoms with E-state index in [1.54, 1.807) is 15.8 Å². The van der Waals surface area contributed by atoms with Crippen LogP contribution in [0.3, 0.4) is 0 Å². The van der Waals surface area contributed by atoms with E-state index in [2.05, 4.69) is 51.4 Å². The summed E-state index contributed by atoms with van der Waals surface area (Å²) in [7, 11) is 1.86. The van der Waals surface area contributed by atoms with Gasteiger partial charge >= 0.3 is 0 Å². The summed E-state index contributed by atoms with van der Waals surface area (Å²) >= 11 is 0. The lowest BCUT2D eigenvalue weighted by atomic mass is 10.1. The second kappa shape index (κ2) is 10.6. The van der Waals surface area contributed by atoms with Crippen molar-refractivity contribution in [3.63, 3.8) is 0 Å². The van der Waals surface area contributed by atoms with Crippen LogP contribution in [0.5, 0.6) is 0 Å². The molecule has 1 aromatic heterocycles. The summed E-state index contributed by atoms with van der Waals surface area (Å²) in [4.78, 5) is 24.2. The van der Waals surface area contributed by atoms with Gasteiger partial charge in [-0.15, -0.1) is 0 Å². The molecule has 8 heteroatoms. The predicted molar refractivity (Wildman–Crippen MR) is 128 cm³/mol. The Kier molecular flexibility index (Phi) is 7.42. The Hall–Kier alpha value is -2.87. The molecule has 8 nitrogen and oxygen atoms in total. The first-order chi connectivity index (χ1) is 15.6. The Morgan fingerprint density at radius 2 is 1.88 bits per heavy atom. The SMILES string of the molecule is CCNC(=NCc1ccccc1CN1CCCCC1)N1CCN(c2cnn(C)c2)C(=O)C1. The topological polar surface area (TPSA) is 69.0 Å². The largest absolute Gasteiger partial charge is 0.356 e. The molecule has 0 spiro atoms. The second-order valence-electron chi connectivity index (χ2n) is 8.61. The maximum Gasteiger partial charge on any atom is 0.246 e. The van der Waals surface area contributed by atoms with Crippen LogP contribution in [-0.4, -0.2) is 70.7 Å². The van der Waals surface area contributed by atoms with E-state index in [0.717, 1.165) is 31.3 Å². The lowest BCUT2D eigenvalue weighted by molar-refractivity contribution is -0.120. The molecule has 2 aromatic rings. The number of aryl methyl sites for hydroxylation is 1. The summed E-state index contributed by atoms with van der Waals surface area (Å²) in [6.07, 6.45) is 7.56. The van der Waals surface area contributed by atoms with E-state index in [1.165, 1.54) is 43.5 Å². The van der Waals surface area contributed by atoms with Crippen LogP contribution in [0.15, 0.2) is 41.7 Å². The van der Waals surface area contributed by atoms with Crippen molar-refractivity contribution >= 4 is 17.6 Å². The highest BCUT2D eigenvalue weighted by molar-refractivity contribution is 5.98. The van der Waals surface area contributed by atoms with Gasteiger partial charge in [0.05, 0.1) is 18.4 Å². The van der Waals surface area contributed by atoms with Crippen molar-refractivity contribution in [2.75, 3.05) is 44.2 Å². The summed E-state index contributed by atoms with van der Waals surface area (Å²) in [5.74, 6) is 0.875. The van der Waals surface area contributed by atoms with E-state index < -0.39 is 0 Å². The average Bonchev–Trinajstić information content (AvgIpc) is 3.24. The van der Waals surface area contributed by atoms with Crippen LogP contribution in [-0.2, 0) is 24.9 Å². The van der Waals surface area contributed by atoms with Gasteiger partial charge in [-0.1, -0.05) is 30.7 Å². The number of carbonyl (C=O) groups is 1. The molecule has 2 aliphatic heterocycles. The number of guanidine groups is 1. The molecule has 2 aliphatic rings. The molecule has 172 valence electrons. The number of piperidine rings is 1. The van der Waals surface area contributed by atoms with E-state index in [9.17, 15) is 4.79 Å². The second-order valence-corrected chi connectivity index (χ2v) is 8.61. The van der Waals surface area contributed by atoms with Crippen LogP contribution in [0.1, 0.15) is 37.3 Å². The van der Waals surface area contributed by atoms with Crippen LogP contribution in [0, 0.1) is 0 Å². The zero-order chi connectivity index (χ0) is 22.3. The van der Waals surface area contributed by atoms with Crippen LogP contribution in [0.4, 0.5) is 5.69 Å². The molecule has 0 bridgehead atoms. The van der Waals surface area contributed by atoms with Crippen molar-refractivity contribution in [1.29, 1.82) is 0 Å². The maximum atomic E-state index is 12.8. The highest BCUT2D eigenvalue weighted by Gasteiger charge is 2.27. The van der Waals surface area contributed by atoms with Crippen molar-refractivity contribution in [2.24, 2.45) is 12.0 Å². The van der Waals surface area contributed by atoms with Gasteiger partial charge < -0.3 is 15.1 Å². The van der Waals surface area contributed by atoms with Gasteiger partial charge in [-0.2, -0.15) is 5.10 Å². The fourth-order valence-electron chi connectivity index (χ4n) is 4.48. The van der Waals surface area contributed by atoms with Gasteiger partial charge in [0.15, 0.2) is 5.96 Å². The van der Waals surface area contributed by atoms with E-state index in [4.69, 9.17) is 4.99 Å². The summed E-state index contributed by atoms with van der Waals surface area (Å²) in [6.45, 7) is 8.48. The molecule has 0 unspecified atom stereocenters. The molecule has 1 N–H and O–H groups in total. The number of amides is 1. The monoisotopic (exact) mass is 437 g/mol. The number of aromatic nitrogens is 2. The van der Waals surface area contributed by atoms with E-state index >= 15 is 0 Å². The number of rotatable bonds is 6. The van der Waals surface area contributed by atoms with Gasteiger partial charge in [0.2, 0.25) is 5.91 Å². The first-order valence-electron chi connectivity index (χ1n) is 11.8. The van der Waals surface area contributed by atoms with Gasteiger partial charge in [-0.3, -0.25) is 14.4 Å². The molecule has 0 saturated carbocycles. The fraction of sp³-hybridized carbons (Fsp3) is 0.542. The molecule has 32 heavy (non-hydrogen) atoms. The zero-order valence-electron chi connectivity index (χ0n) is 19.3. The number of hydrogen-bond acceptors (Lipinski definition) is 4. The Labute approximate surface area is 190 Å². The molecular formula is C24H35N7O. The third kappa shape index (κ3) is 5.48. The minimum atomic E-state index is 0.0698. The molecule has 2 saturated heterocycles. The molecule has 1 aromatic carbocycles. The summed E-state index contributed by atoms with van der Waals surface area (Å²) in [5, 5.41) is 7.57. The number of likely N-dealkylation sites (tertiary alicyclic amines) is 1. The van der Waals surface area contributed by atoms with Crippen molar-refractivity contribution in [3.05, 3.63) is 47.8 Å². The standard InChI is InChI=1S/C24H35N7O/c1-3-25-24(30-13-14-31(23(32)19-30)22-16-27-28(2)18-22)26-15-20-9-5-6-10-21(20)17-29-11-7-4-8-12-29/h5-6,9-10,16,18H,3-4,7-8,11-15,17,19H2,1-2H3,(H,25,26). The minimum absolute atomic E-state index is 0.0698. The average molecular weight is 438 g/mol. The van der Waals surface area contributed by atoms with Gasteiger partial charge in [0.25, 0.3) is 0 Å².